The van der Waals surface area contributed by atoms with Crippen molar-refractivity contribution in [3.05, 3.63) is 23.9 Å². The van der Waals surface area contributed by atoms with Gasteiger partial charge in [-0.05, 0) is 26.0 Å². The Hall–Kier alpha value is -1.13. The van der Waals surface area contributed by atoms with E-state index in [9.17, 15) is 0 Å². The topological polar surface area (TPSA) is 43.4 Å². The Bertz CT molecular complexity index is 353. The maximum absolute atomic E-state index is 5.81. The lowest BCUT2D eigenvalue weighted by molar-refractivity contribution is -0.0818. The molecule has 1 aromatic rings. The Kier molecular flexibility index (Phi) is 4.34. The van der Waals surface area contributed by atoms with E-state index in [2.05, 4.69) is 30.2 Å². The number of rotatable bonds is 6. The maximum Gasteiger partial charge on any atom is 0.218 e. The monoisotopic (exact) mass is 236 g/mol. The molecule has 1 aliphatic heterocycles. The highest BCUT2D eigenvalue weighted by Crippen LogP contribution is 2.24. The van der Waals surface area contributed by atoms with E-state index >= 15 is 0 Å². The van der Waals surface area contributed by atoms with Crippen LogP contribution in [0.4, 0.5) is 0 Å². The van der Waals surface area contributed by atoms with Crippen molar-refractivity contribution in [3.63, 3.8) is 0 Å². The van der Waals surface area contributed by atoms with E-state index in [1.54, 1.807) is 6.20 Å². The van der Waals surface area contributed by atoms with Gasteiger partial charge in [0.05, 0.1) is 13.2 Å². The molecule has 0 saturated carbocycles. The van der Waals surface area contributed by atoms with E-state index in [-0.39, 0.29) is 12.1 Å². The predicted molar refractivity (Wildman–Crippen MR) is 66.2 cm³/mol. The molecule has 4 nitrogen and oxygen atoms in total. The van der Waals surface area contributed by atoms with Crippen molar-refractivity contribution in [2.24, 2.45) is 0 Å². The molecule has 0 aliphatic carbocycles. The van der Waals surface area contributed by atoms with Gasteiger partial charge >= 0.3 is 0 Å². The third-order valence-electron chi connectivity index (χ3n) is 2.85. The second-order valence-corrected chi connectivity index (χ2v) is 4.35. The summed E-state index contributed by atoms with van der Waals surface area (Å²) in [4.78, 5) is 4.31. The van der Waals surface area contributed by atoms with E-state index in [0.29, 0.717) is 13.2 Å². The first-order valence-electron chi connectivity index (χ1n) is 6.24. The van der Waals surface area contributed by atoms with Gasteiger partial charge in [-0.2, -0.15) is 0 Å². The zero-order valence-corrected chi connectivity index (χ0v) is 10.5. The lowest BCUT2D eigenvalue weighted by Crippen LogP contribution is -2.39. The minimum atomic E-state index is 0.169. The minimum Gasteiger partial charge on any atom is -0.469 e. The lowest BCUT2D eigenvalue weighted by atomic mass is 10.1. The first-order chi connectivity index (χ1) is 8.31. The van der Waals surface area contributed by atoms with Crippen LogP contribution in [-0.4, -0.2) is 30.8 Å². The molecule has 0 aromatic carbocycles. The normalized spacial score (nSPS) is 17.5. The number of pyridine rings is 1. The van der Waals surface area contributed by atoms with Crippen LogP contribution in [0.1, 0.15) is 31.9 Å². The van der Waals surface area contributed by atoms with Crippen LogP contribution < -0.4 is 10.1 Å². The molecule has 0 amide bonds. The third kappa shape index (κ3) is 3.17. The molecule has 1 saturated heterocycles. The van der Waals surface area contributed by atoms with E-state index < -0.39 is 0 Å². The van der Waals surface area contributed by atoms with Gasteiger partial charge in [0, 0.05) is 17.8 Å². The molecule has 0 radical (unpaired) electrons. The van der Waals surface area contributed by atoms with Gasteiger partial charge in [0.25, 0.3) is 0 Å². The van der Waals surface area contributed by atoms with Crippen LogP contribution >= 0.6 is 0 Å². The van der Waals surface area contributed by atoms with Gasteiger partial charge in [-0.3, -0.25) is 0 Å². The molecular weight excluding hydrogens is 216 g/mol. The van der Waals surface area contributed by atoms with Crippen LogP contribution in [0.5, 0.6) is 5.88 Å². The smallest absolute Gasteiger partial charge is 0.218 e. The molecule has 0 spiro atoms. The lowest BCUT2D eigenvalue weighted by Gasteiger charge is -2.27. The quantitative estimate of drug-likeness (QED) is 0.819. The molecule has 1 aliphatic rings. The van der Waals surface area contributed by atoms with Gasteiger partial charge in [-0.25, -0.2) is 4.98 Å². The molecule has 1 aromatic heterocycles. The molecule has 94 valence electrons. The first-order valence-corrected chi connectivity index (χ1v) is 6.24. The summed E-state index contributed by atoms with van der Waals surface area (Å²) < 4.78 is 10.9. The van der Waals surface area contributed by atoms with Crippen LogP contribution in [0.25, 0.3) is 0 Å². The zero-order valence-electron chi connectivity index (χ0n) is 10.5. The largest absolute Gasteiger partial charge is 0.469 e. The third-order valence-corrected chi connectivity index (χ3v) is 2.85. The summed E-state index contributed by atoms with van der Waals surface area (Å²) in [6.07, 6.45) is 3.06. The average Bonchev–Trinajstić information content (AvgIpc) is 2.31. The van der Waals surface area contributed by atoms with E-state index in [1.165, 1.54) is 0 Å². The van der Waals surface area contributed by atoms with Gasteiger partial charge < -0.3 is 14.8 Å². The number of nitrogens with zero attached hydrogens (tertiary/aromatic N) is 1. The fraction of sp³-hybridized carbons (Fsp3) is 0.615. The summed E-state index contributed by atoms with van der Waals surface area (Å²) in [5.41, 5.74) is 1.12. The molecular formula is C13H20N2O2. The van der Waals surface area contributed by atoms with Gasteiger partial charge in [0.1, 0.15) is 6.10 Å². The molecule has 1 N–H and O–H groups in total. The van der Waals surface area contributed by atoms with Crippen molar-refractivity contribution < 1.29 is 9.47 Å². The highest BCUT2D eigenvalue weighted by molar-refractivity contribution is 5.28. The molecule has 17 heavy (non-hydrogen) atoms. The van der Waals surface area contributed by atoms with Crippen molar-refractivity contribution in [2.75, 3.05) is 19.8 Å². The summed E-state index contributed by atoms with van der Waals surface area (Å²) in [5, 5.41) is 3.45. The highest BCUT2D eigenvalue weighted by atomic mass is 16.6. The minimum absolute atomic E-state index is 0.169. The Labute approximate surface area is 102 Å². The summed E-state index contributed by atoms with van der Waals surface area (Å²) in [7, 11) is 0. The molecule has 2 heterocycles. The summed E-state index contributed by atoms with van der Waals surface area (Å²) in [5.74, 6) is 0.733. The Morgan fingerprint density at radius 3 is 3.06 bits per heavy atom. The number of nitrogens with one attached hydrogen (secondary N) is 1. The van der Waals surface area contributed by atoms with E-state index in [1.807, 2.05) is 6.07 Å². The van der Waals surface area contributed by atoms with Crippen molar-refractivity contribution in [3.8, 4) is 5.88 Å². The number of aromatic nitrogens is 1. The standard InChI is InChI=1S/C13H20N2O2/c1-3-6-14-10(2)12-5-4-7-15-13(12)17-11-8-16-9-11/h4-5,7,10-11,14H,3,6,8-9H2,1-2H3. The van der Waals surface area contributed by atoms with Crippen LogP contribution in [0, 0.1) is 0 Å². The van der Waals surface area contributed by atoms with Crippen LogP contribution in [0.2, 0.25) is 0 Å². The number of hydrogen-bond donors (Lipinski definition) is 1. The Morgan fingerprint density at radius 2 is 2.41 bits per heavy atom. The molecule has 1 fully saturated rings. The van der Waals surface area contributed by atoms with E-state index in [4.69, 9.17) is 9.47 Å². The summed E-state index contributed by atoms with van der Waals surface area (Å²) in [6.45, 7) is 6.64. The molecule has 1 atom stereocenters. The second kappa shape index (κ2) is 5.98. The van der Waals surface area contributed by atoms with Crippen molar-refractivity contribution in [1.82, 2.24) is 10.3 Å². The second-order valence-electron chi connectivity index (χ2n) is 4.35. The number of hydrogen-bond acceptors (Lipinski definition) is 4. The average molecular weight is 236 g/mol. The maximum atomic E-state index is 5.81. The first kappa shape index (κ1) is 12.3. The van der Waals surface area contributed by atoms with Gasteiger partial charge in [0.2, 0.25) is 5.88 Å². The number of ether oxygens (including phenoxy) is 2. The summed E-state index contributed by atoms with van der Waals surface area (Å²) in [6, 6.07) is 4.28. The molecule has 0 bridgehead atoms. The predicted octanol–water partition coefficient (Wildman–Crippen LogP) is 1.92. The van der Waals surface area contributed by atoms with Crippen LogP contribution in [-0.2, 0) is 4.74 Å². The molecule has 1 unspecified atom stereocenters. The zero-order chi connectivity index (χ0) is 12.1. The van der Waals surface area contributed by atoms with Crippen LogP contribution in [0.15, 0.2) is 18.3 Å². The van der Waals surface area contributed by atoms with Crippen molar-refractivity contribution >= 4 is 0 Å². The van der Waals surface area contributed by atoms with Gasteiger partial charge in [-0.1, -0.05) is 13.0 Å². The Balaban J connectivity index is 2.03. The fourth-order valence-electron chi connectivity index (χ4n) is 1.74. The van der Waals surface area contributed by atoms with Crippen molar-refractivity contribution in [2.45, 2.75) is 32.4 Å². The fourth-order valence-corrected chi connectivity index (χ4v) is 1.74. The Morgan fingerprint density at radius 1 is 1.59 bits per heavy atom. The highest BCUT2D eigenvalue weighted by Gasteiger charge is 2.22. The molecule has 2 rings (SSSR count). The van der Waals surface area contributed by atoms with Crippen molar-refractivity contribution in [1.29, 1.82) is 0 Å². The molecule has 4 heteroatoms. The SMILES string of the molecule is CCCNC(C)c1cccnc1OC1COC1. The van der Waals surface area contributed by atoms with E-state index in [0.717, 1.165) is 24.4 Å². The van der Waals surface area contributed by atoms with Gasteiger partial charge in [-0.15, -0.1) is 0 Å². The summed E-state index contributed by atoms with van der Waals surface area (Å²) >= 11 is 0. The van der Waals surface area contributed by atoms with Gasteiger partial charge in [0.15, 0.2) is 0 Å². The van der Waals surface area contributed by atoms with Crippen LogP contribution in [0.3, 0.4) is 0 Å².